The van der Waals surface area contributed by atoms with Crippen molar-refractivity contribution in [1.29, 1.82) is 0 Å². The van der Waals surface area contributed by atoms with Crippen LogP contribution in [0.2, 0.25) is 0 Å². The van der Waals surface area contributed by atoms with Crippen molar-refractivity contribution in [2.75, 3.05) is 7.05 Å². The van der Waals surface area contributed by atoms with Gasteiger partial charge in [-0.25, -0.2) is 8.78 Å². The van der Waals surface area contributed by atoms with Gasteiger partial charge in [0.15, 0.2) is 0 Å². The highest BCUT2D eigenvalue weighted by Crippen LogP contribution is 2.72. The quantitative estimate of drug-likeness (QED) is 0.885. The van der Waals surface area contributed by atoms with E-state index in [1.807, 2.05) is 7.05 Å². The fourth-order valence-electron chi connectivity index (χ4n) is 5.29. The Morgan fingerprint density at radius 2 is 1.75 bits per heavy atom. The number of fused-ring (bicyclic) bond motifs is 5. The van der Waals surface area contributed by atoms with Crippen LogP contribution >= 0.6 is 0 Å². The minimum atomic E-state index is -0.296. The Balaban J connectivity index is 1.65. The highest BCUT2D eigenvalue weighted by atomic mass is 19.1. The second kappa shape index (κ2) is 4.27. The molecule has 2 bridgehead atoms. The molecule has 3 aliphatic rings. The number of halogens is 2. The third kappa shape index (κ3) is 1.62. The van der Waals surface area contributed by atoms with Crippen molar-refractivity contribution in [1.82, 2.24) is 5.32 Å². The number of benzene rings is 1. The molecule has 5 atom stereocenters. The van der Waals surface area contributed by atoms with Gasteiger partial charge in [-0.1, -0.05) is 0 Å². The van der Waals surface area contributed by atoms with Gasteiger partial charge in [-0.15, -0.1) is 0 Å². The minimum absolute atomic E-state index is 0.0245. The van der Waals surface area contributed by atoms with Gasteiger partial charge in [-0.3, -0.25) is 0 Å². The molecule has 3 aliphatic carbocycles. The van der Waals surface area contributed by atoms with Crippen molar-refractivity contribution in [2.24, 2.45) is 29.6 Å². The third-order valence-corrected chi connectivity index (χ3v) is 6.10. The van der Waals surface area contributed by atoms with E-state index >= 15 is 0 Å². The van der Waals surface area contributed by atoms with E-state index in [1.165, 1.54) is 31.4 Å². The molecule has 1 aromatic rings. The summed E-state index contributed by atoms with van der Waals surface area (Å²) in [5, 5.41) is 3.26. The van der Waals surface area contributed by atoms with Crippen LogP contribution in [0.15, 0.2) is 12.1 Å². The third-order valence-electron chi connectivity index (χ3n) is 6.10. The lowest BCUT2D eigenvalue weighted by Gasteiger charge is -2.21. The summed E-state index contributed by atoms with van der Waals surface area (Å²) in [4.78, 5) is 0. The molecular formula is C17H21F2N. The van der Waals surface area contributed by atoms with Crippen molar-refractivity contribution in [3.8, 4) is 0 Å². The summed E-state index contributed by atoms with van der Waals surface area (Å²) in [6, 6.07) is 2.72. The number of hydrogen-bond donors (Lipinski definition) is 1. The van der Waals surface area contributed by atoms with Gasteiger partial charge in [-0.2, -0.15) is 0 Å². The Morgan fingerprint density at radius 1 is 1.10 bits per heavy atom. The molecule has 3 heteroatoms. The van der Waals surface area contributed by atoms with Gasteiger partial charge >= 0.3 is 0 Å². The molecule has 0 radical (unpaired) electrons. The Labute approximate surface area is 118 Å². The highest BCUT2D eigenvalue weighted by molar-refractivity contribution is 5.31. The summed E-state index contributed by atoms with van der Waals surface area (Å²) in [6.07, 6.45) is 4.08. The fourth-order valence-corrected chi connectivity index (χ4v) is 5.29. The topological polar surface area (TPSA) is 12.0 Å². The normalized spacial score (nSPS) is 38.9. The molecular weight excluding hydrogens is 256 g/mol. The Kier molecular flexibility index (Phi) is 2.72. The van der Waals surface area contributed by atoms with E-state index in [-0.39, 0.29) is 17.7 Å². The smallest absolute Gasteiger partial charge is 0.128 e. The van der Waals surface area contributed by atoms with Crippen molar-refractivity contribution >= 4 is 0 Å². The zero-order valence-corrected chi connectivity index (χ0v) is 12.0. The Morgan fingerprint density at radius 3 is 2.35 bits per heavy atom. The minimum Gasteiger partial charge on any atom is -0.313 e. The lowest BCUT2D eigenvalue weighted by atomic mass is 9.92. The molecule has 5 unspecified atom stereocenters. The molecule has 0 aliphatic heterocycles. The summed E-state index contributed by atoms with van der Waals surface area (Å²) >= 11 is 0. The average Bonchev–Trinajstić information content (AvgIpc) is 2.84. The monoisotopic (exact) mass is 277 g/mol. The fraction of sp³-hybridized carbons (Fsp3) is 0.647. The van der Waals surface area contributed by atoms with Crippen LogP contribution < -0.4 is 5.32 Å². The van der Waals surface area contributed by atoms with E-state index < -0.39 is 0 Å². The number of aryl methyl sites for hydroxylation is 1. The molecule has 3 saturated carbocycles. The van der Waals surface area contributed by atoms with E-state index in [0.29, 0.717) is 17.0 Å². The lowest BCUT2D eigenvalue weighted by molar-refractivity contribution is 0.375. The molecule has 0 saturated heterocycles. The second-order valence-corrected chi connectivity index (χ2v) is 6.95. The predicted molar refractivity (Wildman–Crippen MR) is 74.2 cm³/mol. The van der Waals surface area contributed by atoms with Crippen LogP contribution in [0.1, 0.15) is 36.4 Å². The molecule has 4 rings (SSSR count). The Hall–Kier alpha value is -0.960. The van der Waals surface area contributed by atoms with Crippen LogP contribution in [0.5, 0.6) is 0 Å². The summed E-state index contributed by atoms with van der Waals surface area (Å²) < 4.78 is 28.0. The van der Waals surface area contributed by atoms with Crippen LogP contribution in [-0.2, 0) is 0 Å². The van der Waals surface area contributed by atoms with Gasteiger partial charge in [-0.05, 0) is 80.5 Å². The first-order valence-electron chi connectivity index (χ1n) is 7.74. The summed E-state index contributed by atoms with van der Waals surface area (Å²) in [7, 11) is 1.87. The first-order valence-corrected chi connectivity index (χ1v) is 7.74. The first kappa shape index (κ1) is 12.8. The Bertz CT molecular complexity index is 540. The van der Waals surface area contributed by atoms with Gasteiger partial charge < -0.3 is 5.32 Å². The second-order valence-electron chi connectivity index (χ2n) is 6.95. The van der Waals surface area contributed by atoms with Crippen molar-refractivity contribution < 1.29 is 8.78 Å². The van der Waals surface area contributed by atoms with Crippen LogP contribution in [0, 0.1) is 48.1 Å². The van der Waals surface area contributed by atoms with E-state index in [0.717, 1.165) is 23.7 Å². The number of nitrogens with one attached hydrogen (secondary N) is 1. The van der Waals surface area contributed by atoms with Gasteiger partial charge in [0.25, 0.3) is 0 Å². The maximum Gasteiger partial charge on any atom is 0.128 e. The van der Waals surface area contributed by atoms with Crippen molar-refractivity contribution in [2.45, 2.75) is 32.2 Å². The van der Waals surface area contributed by atoms with Crippen LogP contribution in [0.3, 0.4) is 0 Å². The molecule has 1 nitrogen and oxygen atoms in total. The van der Waals surface area contributed by atoms with Crippen LogP contribution in [-0.4, -0.2) is 7.05 Å². The SMILES string of the molecule is CNC(c1cc(F)c(C)cc1F)C1C2C3CCC(C3)C21. The zero-order chi connectivity index (χ0) is 14.0. The predicted octanol–water partition coefficient (Wildman–Crippen LogP) is 3.83. The molecule has 20 heavy (non-hydrogen) atoms. The zero-order valence-electron chi connectivity index (χ0n) is 12.0. The van der Waals surface area contributed by atoms with E-state index in [2.05, 4.69) is 5.32 Å². The molecule has 1 aromatic carbocycles. The van der Waals surface area contributed by atoms with E-state index in [9.17, 15) is 8.78 Å². The largest absolute Gasteiger partial charge is 0.313 e. The molecule has 0 aromatic heterocycles. The molecule has 0 heterocycles. The van der Waals surface area contributed by atoms with Crippen LogP contribution in [0.4, 0.5) is 8.78 Å². The highest BCUT2D eigenvalue weighted by Gasteiger charge is 2.66. The van der Waals surface area contributed by atoms with Gasteiger partial charge in [0.2, 0.25) is 0 Å². The number of rotatable bonds is 3. The maximum absolute atomic E-state index is 14.2. The molecule has 0 amide bonds. The van der Waals surface area contributed by atoms with Gasteiger partial charge in [0.05, 0.1) is 0 Å². The van der Waals surface area contributed by atoms with Crippen molar-refractivity contribution in [3.05, 3.63) is 34.9 Å². The summed E-state index contributed by atoms with van der Waals surface area (Å²) in [6.45, 7) is 1.61. The van der Waals surface area contributed by atoms with Crippen LogP contribution in [0.25, 0.3) is 0 Å². The summed E-state index contributed by atoms with van der Waals surface area (Å²) in [5.41, 5.74) is 0.909. The molecule has 108 valence electrons. The molecule has 3 fully saturated rings. The van der Waals surface area contributed by atoms with Gasteiger partial charge in [0.1, 0.15) is 11.6 Å². The lowest BCUT2D eigenvalue weighted by Crippen LogP contribution is -2.23. The first-order chi connectivity index (χ1) is 9.61. The van der Waals surface area contributed by atoms with E-state index in [1.54, 1.807) is 6.92 Å². The number of hydrogen-bond acceptors (Lipinski definition) is 1. The molecule has 0 spiro atoms. The van der Waals surface area contributed by atoms with Crippen molar-refractivity contribution in [3.63, 3.8) is 0 Å². The summed E-state index contributed by atoms with van der Waals surface area (Å²) in [5.74, 6) is 3.18. The van der Waals surface area contributed by atoms with Gasteiger partial charge in [0, 0.05) is 11.6 Å². The molecule has 1 N–H and O–H groups in total. The van der Waals surface area contributed by atoms with E-state index in [4.69, 9.17) is 0 Å². The maximum atomic E-state index is 14.2. The standard InChI is InChI=1S/C17H21F2N/c1-8-5-13(19)11(7-12(8)18)17(20-2)16-14-9-3-4-10(6-9)15(14)16/h5,7,9-10,14-17,20H,3-4,6H2,1-2H3. The average molecular weight is 277 g/mol.